The minimum Gasteiger partial charge on any atom is -0.381 e. The van der Waals surface area contributed by atoms with Crippen LogP contribution >= 0.6 is 0 Å². The molecule has 1 heterocycles. The molecule has 1 saturated carbocycles. The molecule has 1 saturated heterocycles. The molecule has 0 aromatic carbocycles. The monoisotopic (exact) mass is 325 g/mol. The van der Waals surface area contributed by atoms with Crippen LogP contribution in [-0.2, 0) is 14.3 Å². The molecule has 4 N–H and O–H groups in total. The van der Waals surface area contributed by atoms with Gasteiger partial charge in [0.1, 0.15) is 0 Å². The lowest BCUT2D eigenvalue weighted by Gasteiger charge is -2.26. The summed E-state index contributed by atoms with van der Waals surface area (Å²) in [6.07, 6.45) is 8.44. The Hall–Kier alpha value is -1.14. The van der Waals surface area contributed by atoms with Crippen molar-refractivity contribution in [2.75, 3.05) is 26.3 Å². The van der Waals surface area contributed by atoms with Crippen LogP contribution in [0.1, 0.15) is 51.4 Å². The van der Waals surface area contributed by atoms with E-state index in [1.54, 1.807) is 0 Å². The Morgan fingerprint density at radius 1 is 1.00 bits per heavy atom. The minimum absolute atomic E-state index is 0.0971. The summed E-state index contributed by atoms with van der Waals surface area (Å²) < 4.78 is 5.28. The Labute approximate surface area is 138 Å². The van der Waals surface area contributed by atoms with Gasteiger partial charge in [0.15, 0.2) is 0 Å². The molecule has 2 rings (SSSR count). The summed E-state index contributed by atoms with van der Waals surface area (Å²) in [7, 11) is 0. The summed E-state index contributed by atoms with van der Waals surface area (Å²) in [6.45, 7) is 2.27. The van der Waals surface area contributed by atoms with E-state index in [0.717, 1.165) is 12.8 Å². The van der Waals surface area contributed by atoms with Gasteiger partial charge in [-0.25, -0.2) is 0 Å². The molecular weight excluding hydrogens is 294 g/mol. The normalized spacial score (nSPS) is 21.6. The van der Waals surface area contributed by atoms with Crippen LogP contribution in [0.5, 0.6) is 0 Å². The second-order valence-corrected chi connectivity index (χ2v) is 6.82. The molecule has 0 spiro atoms. The molecule has 6 nitrogen and oxygen atoms in total. The number of ether oxygens (including phenoxy) is 1. The highest BCUT2D eigenvalue weighted by molar-refractivity contribution is 5.82. The Balaban J connectivity index is 1.55. The molecule has 6 heteroatoms. The Bertz CT molecular complexity index is 377. The molecule has 132 valence electrons. The summed E-state index contributed by atoms with van der Waals surface area (Å²) >= 11 is 0. The van der Waals surface area contributed by atoms with Crippen LogP contribution in [-0.4, -0.2) is 44.2 Å². The molecule has 2 aliphatic rings. The fraction of sp³-hybridized carbons (Fsp3) is 0.882. The third kappa shape index (κ3) is 6.47. The van der Waals surface area contributed by atoms with Crippen molar-refractivity contribution in [1.29, 1.82) is 0 Å². The van der Waals surface area contributed by atoms with Gasteiger partial charge < -0.3 is 21.1 Å². The first-order chi connectivity index (χ1) is 11.2. The summed E-state index contributed by atoms with van der Waals surface area (Å²) in [5.74, 6) is 0.711. The largest absolute Gasteiger partial charge is 0.381 e. The van der Waals surface area contributed by atoms with Crippen molar-refractivity contribution in [2.45, 2.75) is 57.4 Å². The zero-order valence-electron chi connectivity index (χ0n) is 14.0. The van der Waals surface area contributed by atoms with Gasteiger partial charge in [0.25, 0.3) is 0 Å². The maximum atomic E-state index is 12.0. The summed E-state index contributed by atoms with van der Waals surface area (Å²) in [4.78, 5) is 23.9. The highest BCUT2D eigenvalue weighted by atomic mass is 16.5. The minimum atomic E-state index is -0.475. The lowest BCUT2D eigenvalue weighted by Crippen LogP contribution is -2.48. The maximum Gasteiger partial charge on any atom is 0.237 e. The van der Waals surface area contributed by atoms with Gasteiger partial charge in [-0.3, -0.25) is 9.59 Å². The first kappa shape index (κ1) is 18.2. The molecule has 0 aromatic rings. The van der Waals surface area contributed by atoms with Crippen LogP contribution in [0.15, 0.2) is 0 Å². The van der Waals surface area contributed by atoms with E-state index in [1.165, 1.54) is 32.1 Å². The predicted molar refractivity (Wildman–Crippen MR) is 88.7 cm³/mol. The van der Waals surface area contributed by atoms with Crippen LogP contribution < -0.4 is 16.4 Å². The van der Waals surface area contributed by atoms with E-state index in [4.69, 9.17) is 10.5 Å². The Kier molecular flexibility index (Phi) is 7.82. The topological polar surface area (TPSA) is 93.5 Å². The average Bonchev–Trinajstić information content (AvgIpc) is 2.59. The second-order valence-electron chi connectivity index (χ2n) is 6.82. The van der Waals surface area contributed by atoms with Gasteiger partial charge in [0, 0.05) is 32.7 Å². The smallest absolute Gasteiger partial charge is 0.237 e. The molecule has 0 bridgehead atoms. The maximum absolute atomic E-state index is 12.0. The number of carbonyl (C=O) groups is 2. The van der Waals surface area contributed by atoms with Gasteiger partial charge in [-0.05, 0) is 37.5 Å². The lowest BCUT2D eigenvalue weighted by atomic mass is 9.87. The van der Waals surface area contributed by atoms with Crippen LogP contribution in [0.4, 0.5) is 0 Å². The van der Waals surface area contributed by atoms with Crippen molar-refractivity contribution in [3.8, 4) is 0 Å². The van der Waals surface area contributed by atoms with Crippen LogP contribution in [0, 0.1) is 11.8 Å². The van der Waals surface area contributed by atoms with Crippen molar-refractivity contribution in [3.63, 3.8) is 0 Å². The van der Waals surface area contributed by atoms with Crippen LogP contribution in [0.25, 0.3) is 0 Å². The van der Waals surface area contributed by atoms with Crippen molar-refractivity contribution in [2.24, 2.45) is 17.6 Å². The van der Waals surface area contributed by atoms with Gasteiger partial charge in [-0.15, -0.1) is 0 Å². The zero-order chi connectivity index (χ0) is 16.5. The fourth-order valence-corrected chi connectivity index (χ4v) is 3.52. The van der Waals surface area contributed by atoms with Crippen molar-refractivity contribution in [1.82, 2.24) is 10.6 Å². The molecule has 1 aliphatic heterocycles. The van der Waals surface area contributed by atoms with Gasteiger partial charge in [-0.2, -0.15) is 0 Å². The van der Waals surface area contributed by atoms with E-state index in [2.05, 4.69) is 10.6 Å². The first-order valence-electron chi connectivity index (χ1n) is 9.04. The molecule has 2 fully saturated rings. The van der Waals surface area contributed by atoms with E-state index in [1.807, 2.05) is 0 Å². The van der Waals surface area contributed by atoms with Crippen LogP contribution in [0.2, 0.25) is 0 Å². The van der Waals surface area contributed by atoms with Crippen molar-refractivity contribution >= 4 is 11.8 Å². The quantitative estimate of drug-likeness (QED) is 0.607. The summed E-state index contributed by atoms with van der Waals surface area (Å²) in [5, 5.41) is 5.71. The molecule has 23 heavy (non-hydrogen) atoms. The third-order valence-electron chi connectivity index (χ3n) is 5.02. The van der Waals surface area contributed by atoms with Gasteiger partial charge >= 0.3 is 0 Å². The molecule has 0 aromatic heterocycles. The van der Waals surface area contributed by atoms with Crippen molar-refractivity contribution < 1.29 is 14.3 Å². The molecule has 0 radical (unpaired) electrons. The van der Waals surface area contributed by atoms with Gasteiger partial charge in [-0.1, -0.05) is 19.3 Å². The number of carbonyl (C=O) groups excluding carboxylic acids is 2. The Morgan fingerprint density at radius 3 is 2.35 bits per heavy atom. The molecule has 1 atom stereocenters. The number of nitrogens with one attached hydrogen (secondary N) is 2. The van der Waals surface area contributed by atoms with E-state index in [9.17, 15) is 9.59 Å². The zero-order valence-corrected chi connectivity index (χ0v) is 14.0. The third-order valence-corrected chi connectivity index (χ3v) is 5.02. The molecule has 1 aliphatic carbocycles. The van der Waals surface area contributed by atoms with E-state index in [0.29, 0.717) is 38.6 Å². The van der Waals surface area contributed by atoms with Gasteiger partial charge in [0.2, 0.25) is 11.8 Å². The summed E-state index contributed by atoms with van der Waals surface area (Å²) in [6, 6.07) is -0.475. The van der Waals surface area contributed by atoms with Gasteiger partial charge in [0.05, 0.1) is 6.04 Å². The lowest BCUT2D eigenvalue weighted by molar-refractivity contribution is -0.125. The number of hydrogen-bond donors (Lipinski definition) is 3. The predicted octanol–water partition coefficient (Wildman–Crippen LogP) is 0.943. The van der Waals surface area contributed by atoms with Crippen molar-refractivity contribution in [3.05, 3.63) is 0 Å². The number of hydrogen-bond acceptors (Lipinski definition) is 4. The molecule has 1 unspecified atom stereocenters. The second kappa shape index (κ2) is 9.88. The fourth-order valence-electron chi connectivity index (χ4n) is 3.52. The highest BCUT2D eigenvalue weighted by Gasteiger charge is 2.26. The number of rotatable bonds is 7. The van der Waals surface area contributed by atoms with E-state index < -0.39 is 6.04 Å². The molecule has 2 amide bonds. The number of amides is 2. The van der Waals surface area contributed by atoms with Crippen LogP contribution in [0.3, 0.4) is 0 Å². The highest BCUT2D eigenvalue weighted by Crippen LogP contribution is 2.25. The number of nitrogens with two attached hydrogens (primary N) is 1. The molecular formula is C17H31N3O3. The first-order valence-corrected chi connectivity index (χ1v) is 9.04. The summed E-state index contributed by atoms with van der Waals surface area (Å²) in [5.41, 5.74) is 6.00. The van der Waals surface area contributed by atoms with E-state index in [-0.39, 0.29) is 17.7 Å². The Morgan fingerprint density at radius 2 is 1.65 bits per heavy atom. The average molecular weight is 325 g/mol. The SMILES string of the molecule is NC(C(=O)NCCNC(=O)CC1CCCCC1)C1CCOCC1. The standard InChI is InChI=1S/C17H31N3O3/c18-16(14-6-10-23-11-7-14)17(22)20-9-8-19-15(21)12-13-4-2-1-3-5-13/h13-14,16H,1-12,18H2,(H,19,21)(H,20,22). The van der Waals surface area contributed by atoms with E-state index >= 15 is 0 Å².